The first kappa shape index (κ1) is 16.7. The van der Waals surface area contributed by atoms with Gasteiger partial charge in [0.05, 0.1) is 12.1 Å². The molecule has 0 amide bonds. The fraction of sp³-hybridized carbons (Fsp3) is 0.429. The molecule has 6 heteroatoms. The van der Waals surface area contributed by atoms with Crippen LogP contribution in [0.25, 0.3) is 0 Å². The standard InChI is InChI=1S/C14H15F3N2.ClH/c1-2-6-18-7-9-19(10-8-18)13-5-3-4-12(11-13)14(15,16)17;/h1,3-5,11H,6-10H2;1H. The third-order valence-electron chi connectivity index (χ3n) is 3.23. The average Bonchev–Trinajstić information content (AvgIpc) is 2.39. The van der Waals surface area contributed by atoms with Crippen molar-refractivity contribution in [3.63, 3.8) is 0 Å². The number of rotatable bonds is 2. The van der Waals surface area contributed by atoms with Crippen molar-refractivity contribution in [2.24, 2.45) is 0 Å². The zero-order valence-corrected chi connectivity index (χ0v) is 11.7. The van der Waals surface area contributed by atoms with Crippen LogP contribution in [0.5, 0.6) is 0 Å². The van der Waals surface area contributed by atoms with Gasteiger partial charge < -0.3 is 4.90 Å². The normalized spacial score (nSPS) is 16.4. The minimum absolute atomic E-state index is 0. The monoisotopic (exact) mass is 304 g/mol. The van der Waals surface area contributed by atoms with Crippen LogP contribution in [0.3, 0.4) is 0 Å². The summed E-state index contributed by atoms with van der Waals surface area (Å²) < 4.78 is 37.9. The highest BCUT2D eigenvalue weighted by atomic mass is 35.5. The molecule has 1 heterocycles. The molecule has 2 nitrogen and oxygen atoms in total. The summed E-state index contributed by atoms with van der Waals surface area (Å²) in [6.07, 6.45) is 0.952. The highest BCUT2D eigenvalue weighted by Gasteiger charge is 2.31. The molecule has 2 rings (SSSR count). The van der Waals surface area contributed by atoms with Crippen LogP contribution >= 0.6 is 12.4 Å². The highest BCUT2D eigenvalue weighted by Crippen LogP contribution is 2.31. The number of terminal acetylenes is 1. The summed E-state index contributed by atoms with van der Waals surface area (Å²) in [6.45, 7) is 3.54. The Labute approximate surface area is 123 Å². The topological polar surface area (TPSA) is 6.48 Å². The van der Waals surface area contributed by atoms with Gasteiger partial charge in [-0.05, 0) is 18.2 Å². The predicted octanol–water partition coefficient (Wildman–Crippen LogP) is 2.88. The van der Waals surface area contributed by atoms with E-state index in [-0.39, 0.29) is 12.4 Å². The molecule has 0 spiro atoms. The van der Waals surface area contributed by atoms with Gasteiger partial charge in [-0.2, -0.15) is 13.2 Å². The van der Waals surface area contributed by atoms with Gasteiger partial charge in [0, 0.05) is 31.9 Å². The fourth-order valence-corrected chi connectivity index (χ4v) is 2.17. The number of piperazine rings is 1. The molecule has 1 fully saturated rings. The van der Waals surface area contributed by atoms with Crippen LogP contribution in [0.15, 0.2) is 24.3 Å². The molecule has 1 aliphatic rings. The van der Waals surface area contributed by atoms with Crippen LogP contribution in [0.2, 0.25) is 0 Å². The number of benzene rings is 1. The Morgan fingerprint density at radius 1 is 1.15 bits per heavy atom. The van der Waals surface area contributed by atoms with E-state index in [0.29, 0.717) is 25.3 Å². The Hall–Kier alpha value is -1.38. The SMILES string of the molecule is C#CCN1CCN(c2cccc(C(F)(F)F)c2)CC1.Cl. The second-order valence-electron chi connectivity index (χ2n) is 4.52. The van der Waals surface area contributed by atoms with E-state index >= 15 is 0 Å². The molecular weight excluding hydrogens is 289 g/mol. The van der Waals surface area contributed by atoms with Gasteiger partial charge in [-0.25, -0.2) is 0 Å². The molecule has 110 valence electrons. The fourth-order valence-electron chi connectivity index (χ4n) is 2.17. The number of anilines is 1. The van der Waals surface area contributed by atoms with Crippen LogP contribution in [-0.2, 0) is 6.18 Å². The van der Waals surface area contributed by atoms with Crippen LogP contribution in [0.1, 0.15) is 5.56 Å². The molecule has 1 aromatic carbocycles. The van der Waals surface area contributed by atoms with Crippen molar-refractivity contribution in [1.29, 1.82) is 0 Å². The lowest BCUT2D eigenvalue weighted by Crippen LogP contribution is -2.46. The van der Waals surface area contributed by atoms with E-state index in [0.717, 1.165) is 19.2 Å². The molecule has 1 aliphatic heterocycles. The lowest BCUT2D eigenvalue weighted by Gasteiger charge is -2.35. The Balaban J connectivity index is 0.00000200. The molecule has 1 aromatic rings. The zero-order chi connectivity index (χ0) is 13.9. The van der Waals surface area contributed by atoms with Gasteiger partial charge in [0.25, 0.3) is 0 Å². The Bertz CT molecular complexity index is 474. The van der Waals surface area contributed by atoms with Crippen LogP contribution in [0, 0.1) is 12.3 Å². The molecule has 1 saturated heterocycles. The van der Waals surface area contributed by atoms with Gasteiger partial charge in [-0.3, -0.25) is 4.90 Å². The number of halogens is 4. The average molecular weight is 305 g/mol. The third-order valence-corrected chi connectivity index (χ3v) is 3.23. The molecule has 0 saturated carbocycles. The molecule has 0 unspecified atom stereocenters. The quantitative estimate of drug-likeness (QED) is 0.775. The highest BCUT2D eigenvalue weighted by molar-refractivity contribution is 5.85. The molecule has 0 radical (unpaired) electrons. The van der Waals surface area contributed by atoms with Crippen molar-refractivity contribution in [1.82, 2.24) is 4.90 Å². The van der Waals surface area contributed by atoms with E-state index in [9.17, 15) is 13.2 Å². The summed E-state index contributed by atoms with van der Waals surface area (Å²) in [5, 5.41) is 0. The molecule has 0 atom stereocenters. The summed E-state index contributed by atoms with van der Waals surface area (Å²) in [6, 6.07) is 5.47. The van der Waals surface area contributed by atoms with E-state index in [1.165, 1.54) is 12.1 Å². The largest absolute Gasteiger partial charge is 0.416 e. The van der Waals surface area contributed by atoms with Gasteiger partial charge in [0.1, 0.15) is 0 Å². The van der Waals surface area contributed by atoms with Gasteiger partial charge in [0.15, 0.2) is 0 Å². The second kappa shape index (κ2) is 6.87. The maximum Gasteiger partial charge on any atom is 0.416 e. The number of nitrogens with zero attached hydrogens (tertiary/aromatic N) is 2. The van der Waals surface area contributed by atoms with Crippen LogP contribution in [-0.4, -0.2) is 37.6 Å². The number of hydrogen-bond acceptors (Lipinski definition) is 2. The first-order valence-corrected chi connectivity index (χ1v) is 6.09. The zero-order valence-electron chi connectivity index (χ0n) is 10.9. The van der Waals surface area contributed by atoms with E-state index in [2.05, 4.69) is 10.8 Å². The predicted molar refractivity (Wildman–Crippen MR) is 76.2 cm³/mol. The minimum atomic E-state index is -4.29. The van der Waals surface area contributed by atoms with E-state index < -0.39 is 11.7 Å². The van der Waals surface area contributed by atoms with Crippen molar-refractivity contribution in [3.8, 4) is 12.3 Å². The van der Waals surface area contributed by atoms with Crippen molar-refractivity contribution < 1.29 is 13.2 Å². The molecule has 0 aliphatic carbocycles. The van der Waals surface area contributed by atoms with E-state index in [1.807, 2.05) is 4.90 Å². The first-order valence-electron chi connectivity index (χ1n) is 6.09. The number of hydrogen-bond donors (Lipinski definition) is 0. The summed E-state index contributed by atoms with van der Waals surface area (Å²) in [5.41, 5.74) is 0.0197. The lowest BCUT2D eigenvalue weighted by molar-refractivity contribution is -0.137. The maximum atomic E-state index is 12.6. The van der Waals surface area contributed by atoms with Crippen LogP contribution < -0.4 is 4.90 Å². The van der Waals surface area contributed by atoms with Crippen molar-refractivity contribution in [2.45, 2.75) is 6.18 Å². The van der Waals surface area contributed by atoms with Gasteiger partial charge in [-0.1, -0.05) is 12.0 Å². The van der Waals surface area contributed by atoms with E-state index in [4.69, 9.17) is 6.42 Å². The van der Waals surface area contributed by atoms with Gasteiger partial charge >= 0.3 is 6.18 Å². The van der Waals surface area contributed by atoms with Crippen LogP contribution in [0.4, 0.5) is 18.9 Å². The van der Waals surface area contributed by atoms with Crippen molar-refractivity contribution in [2.75, 3.05) is 37.6 Å². The minimum Gasteiger partial charge on any atom is -0.369 e. The van der Waals surface area contributed by atoms with Gasteiger partial charge in [-0.15, -0.1) is 18.8 Å². The third kappa shape index (κ3) is 4.06. The summed E-state index contributed by atoms with van der Waals surface area (Å²) >= 11 is 0. The smallest absolute Gasteiger partial charge is 0.369 e. The second-order valence-corrected chi connectivity index (χ2v) is 4.52. The Morgan fingerprint density at radius 3 is 2.35 bits per heavy atom. The summed E-state index contributed by atoms with van der Waals surface area (Å²) in [4.78, 5) is 4.08. The Morgan fingerprint density at radius 2 is 1.80 bits per heavy atom. The maximum absolute atomic E-state index is 12.6. The molecule has 0 N–H and O–H groups in total. The summed E-state index contributed by atoms with van der Waals surface area (Å²) in [7, 11) is 0. The Kier molecular flexibility index (Phi) is 5.73. The number of alkyl halides is 3. The van der Waals surface area contributed by atoms with E-state index in [1.54, 1.807) is 6.07 Å². The van der Waals surface area contributed by atoms with Gasteiger partial charge in [0.2, 0.25) is 0 Å². The molecule has 0 aromatic heterocycles. The summed E-state index contributed by atoms with van der Waals surface area (Å²) in [5.74, 6) is 2.58. The molecular formula is C14H16ClF3N2. The van der Waals surface area contributed by atoms with Crippen molar-refractivity contribution >= 4 is 18.1 Å². The first-order chi connectivity index (χ1) is 9.00. The van der Waals surface area contributed by atoms with Crippen molar-refractivity contribution in [3.05, 3.63) is 29.8 Å². The molecule has 20 heavy (non-hydrogen) atoms. The molecule has 0 bridgehead atoms. The lowest BCUT2D eigenvalue weighted by atomic mass is 10.1.